The van der Waals surface area contributed by atoms with E-state index in [1.165, 1.54) is 0 Å². The van der Waals surface area contributed by atoms with Crippen LogP contribution in [0.3, 0.4) is 0 Å². The first kappa shape index (κ1) is 20.9. The summed E-state index contributed by atoms with van der Waals surface area (Å²) in [4.78, 5) is 24.1. The van der Waals surface area contributed by atoms with E-state index in [4.69, 9.17) is 0 Å². The summed E-state index contributed by atoms with van der Waals surface area (Å²) in [6, 6.07) is -0.504. The van der Waals surface area contributed by atoms with E-state index in [0.717, 1.165) is 38.5 Å². The Kier molecular flexibility index (Phi) is 11.8. The molecule has 0 radical (unpaired) electrons. The van der Waals surface area contributed by atoms with Crippen molar-refractivity contribution in [2.24, 2.45) is 5.92 Å². The second-order valence-corrected chi connectivity index (χ2v) is 6.04. The quantitative estimate of drug-likeness (QED) is 0.484. The van der Waals surface area contributed by atoms with E-state index < -0.39 is 18.1 Å². The molecule has 0 heterocycles. The number of aliphatic hydroxyl groups is 1. The molecule has 0 aromatic carbocycles. The lowest BCUT2D eigenvalue weighted by Gasteiger charge is -2.25. The largest absolute Gasteiger partial charge is 0.381 e. The van der Waals surface area contributed by atoms with E-state index in [2.05, 4.69) is 17.6 Å². The number of amides is 2. The van der Waals surface area contributed by atoms with E-state index >= 15 is 0 Å². The molecule has 0 saturated heterocycles. The molecule has 0 fully saturated rings. The molecule has 22 heavy (non-hydrogen) atoms. The van der Waals surface area contributed by atoms with Crippen molar-refractivity contribution < 1.29 is 14.7 Å². The maximum Gasteiger partial charge on any atom is 0.250 e. The van der Waals surface area contributed by atoms with Crippen LogP contribution in [0.2, 0.25) is 0 Å². The van der Waals surface area contributed by atoms with Gasteiger partial charge in [-0.2, -0.15) is 0 Å². The lowest BCUT2D eigenvalue weighted by atomic mass is 10.00. The lowest BCUT2D eigenvalue weighted by Crippen LogP contribution is -2.51. The molecule has 5 heteroatoms. The van der Waals surface area contributed by atoms with Crippen molar-refractivity contribution in [3.05, 3.63) is 0 Å². The molecule has 3 unspecified atom stereocenters. The Hall–Kier alpha value is -1.10. The van der Waals surface area contributed by atoms with Gasteiger partial charge >= 0.3 is 0 Å². The molecule has 0 saturated carbocycles. The summed E-state index contributed by atoms with van der Waals surface area (Å²) in [7, 11) is 0. The third-order valence-corrected chi connectivity index (χ3v) is 3.81. The van der Waals surface area contributed by atoms with Gasteiger partial charge in [-0.25, -0.2) is 0 Å². The Morgan fingerprint density at radius 3 is 2.18 bits per heavy atom. The third-order valence-electron chi connectivity index (χ3n) is 3.81. The van der Waals surface area contributed by atoms with Gasteiger partial charge in [-0.15, -0.1) is 0 Å². The average Bonchev–Trinajstić information content (AvgIpc) is 2.51. The fourth-order valence-electron chi connectivity index (χ4n) is 2.35. The van der Waals surface area contributed by atoms with Gasteiger partial charge in [0, 0.05) is 12.5 Å². The molecule has 5 nitrogen and oxygen atoms in total. The molecule has 0 aromatic rings. The Balaban J connectivity index is 4.65. The van der Waals surface area contributed by atoms with Gasteiger partial charge in [-0.3, -0.25) is 9.59 Å². The van der Waals surface area contributed by atoms with Gasteiger partial charge in [0.15, 0.2) is 6.10 Å². The summed E-state index contributed by atoms with van der Waals surface area (Å²) >= 11 is 0. The summed E-state index contributed by atoms with van der Waals surface area (Å²) in [5.41, 5.74) is 0. The Morgan fingerprint density at radius 2 is 1.64 bits per heavy atom. The molecule has 2 amide bonds. The maximum atomic E-state index is 12.2. The minimum absolute atomic E-state index is 0.0781. The molecule has 0 bridgehead atoms. The van der Waals surface area contributed by atoms with Crippen LogP contribution < -0.4 is 10.6 Å². The highest BCUT2D eigenvalue weighted by Gasteiger charge is 2.28. The van der Waals surface area contributed by atoms with Gasteiger partial charge in [-0.1, -0.05) is 53.4 Å². The number of rotatable bonds is 12. The van der Waals surface area contributed by atoms with Crippen molar-refractivity contribution in [2.45, 2.75) is 84.8 Å². The molecule has 0 aliphatic rings. The van der Waals surface area contributed by atoms with Crippen molar-refractivity contribution >= 4 is 11.8 Å². The van der Waals surface area contributed by atoms with Gasteiger partial charge in [-0.05, 0) is 19.3 Å². The molecule has 130 valence electrons. The molecular weight excluding hydrogens is 280 g/mol. The van der Waals surface area contributed by atoms with Gasteiger partial charge in [0.05, 0.1) is 6.04 Å². The number of aliphatic hydroxyl groups excluding tert-OH is 1. The van der Waals surface area contributed by atoms with Gasteiger partial charge < -0.3 is 15.7 Å². The van der Waals surface area contributed by atoms with Crippen LogP contribution in [0.25, 0.3) is 0 Å². The van der Waals surface area contributed by atoms with Crippen LogP contribution in [0.4, 0.5) is 0 Å². The van der Waals surface area contributed by atoms with Gasteiger partial charge in [0.2, 0.25) is 5.91 Å². The number of carbonyl (C=O) groups is 2. The monoisotopic (exact) mass is 314 g/mol. The number of hydrogen-bond donors (Lipinski definition) is 3. The second-order valence-electron chi connectivity index (χ2n) is 6.04. The second kappa shape index (κ2) is 12.4. The standard InChI is InChI=1S/C17H34N2O3/c1-5-8-9-11-14(15(20)17(22)18-12-7-3)19-16(21)13(4)10-6-2/h13-15,20H,5-12H2,1-4H3,(H,18,22)(H,19,21). The SMILES string of the molecule is CCCCCC(NC(=O)C(C)CCC)C(O)C(=O)NCCC. The summed E-state index contributed by atoms with van der Waals surface area (Å²) in [6.07, 6.45) is 4.99. The number of hydrogen-bond acceptors (Lipinski definition) is 3. The Bertz CT molecular complexity index is 321. The summed E-state index contributed by atoms with van der Waals surface area (Å²) < 4.78 is 0. The molecular formula is C17H34N2O3. The first-order valence-electron chi connectivity index (χ1n) is 8.73. The fourth-order valence-corrected chi connectivity index (χ4v) is 2.35. The highest BCUT2D eigenvalue weighted by Crippen LogP contribution is 2.11. The van der Waals surface area contributed by atoms with Crippen molar-refractivity contribution in [1.82, 2.24) is 10.6 Å². The molecule has 0 aromatic heterocycles. The topological polar surface area (TPSA) is 78.4 Å². The fraction of sp³-hybridized carbons (Fsp3) is 0.882. The highest BCUT2D eigenvalue weighted by atomic mass is 16.3. The molecule has 0 spiro atoms. The van der Waals surface area contributed by atoms with Crippen LogP contribution in [-0.2, 0) is 9.59 Å². The van der Waals surface area contributed by atoms with E-state index in [9.17, 15) is 14.7 Å². The predicted molar refractivity (Wildman–Crippen MR) is 89.5 cm³/mol. The summed E-state index contributed by atoms with van der Waals surface area (Å²) in [5, 5.41) is 15.8. The van der Waals surface area contributed by atoms with Crippen LogP contribution in [-0.4, -0.2) is 35.6 Å². The van der Waals surface area contributed by atoms with Crippen molar-refractivity contribution in [3.8, 4) is 0 Å². The van der Waals surface area contributed by atoms with E-state index in [1.807, 2.05) is 20.8 Å². The van der Waals surface area contributed by atoms with Crippen LogP contribution in [0.5, 0.6) is 0 Å². The van der Waals surface area contributed by atoms with E-state index in [-0.39, 0.29) is 11.8 Å². The number of carbonyl (C=O) groups excluding carboxylic acids is 2. The zero-order valence-corrected chi connectivity index (χ0v) is 14.7. The minimum Gasteiger partial charge on any atom is -0.381 e. The summed E-state index contributed by atoms with van der Waals surface area (Å²) in [5.74, 6) is -0.568. The average molecular weight is 314 g/mol. The normalized spacial score (nSPS) is 15.0. The molecule has 3 N–H and O–H groups in total. The van der Waals surface area contributed by atoms with E-state index in [1.54, 1.807) is 0 Å². The van der Waals surface area contributed by atoms with Crippen molar-refractivity contribution in [1.29, 1.82) is 0 Å². The van der Waals surface area contributed by atoms with Crippen molar-refractivity contribution in [3.63, 3.8) is 0 Å². The molecule has 0 aliphatic carbocycles. The number of unbranched alkanes of at least 4 members (excludes halogenated alkanes) is 2. The Labute approximate surface area is 135 Å². The lowest BCUT2D eigenvalue weighted by molar-refractivity contribution is -0.133. The van der Waals surface area contributed by atoms with E-state index in [0.29, 0.717) is 13.0 Å². The van der Waals surface area contributed by atoms with Crippen LogP contribution in [0.1, 0.15) is 72.6 Å². The minimum atomic E-state index is -1.18. The predicted octanol–water partition coefficient (Wildman–Crippen LogP) is 2.37. The molecule has 0 aliphatic heterocycles. The summed E-state index contributed by atoms with van der Waals surface area (Å²) in [6.45, 7) is 8.51. The van der Waals surface area contributed by atoms with Crippen LogP contribution >= 0.6 is 0 Å². The Morgan fingerprint density at radius 1 is 0.955 bits per heavy atom. The zero-order valence-electron chi connectivity index (χ0n) is 14.7. The number of nitrogens with one attached hydrogen (secondary N) is 2. The van der Waals surface area contributed by atoms with Crippen molar-refractivity contribution in [2.75, 3.05) is 6.54 Å². The molecule has 3 atom stereocenters. The van der Waals surface area contributed by atoms with Gasteiger partial charge in [0.1, 0.15) is 0 Å². The molecule has 0 rings (SSSR count). The van der Waals surface area contributed by atoms with Crippen LogP contribution in [0, 0.1) is 5.92 Å². The first-order valence-corrected chi connectivity index (χ1v) is 8.73. The third kappa shape index (κ3) is 8.37. The maximum absolute atomic E-state index is 12.2. The van der Waals surface area contributed by atoms with Gasteiger partial charge in [0.25, 0.3) is 5.91 Å². The van der Waals surface area contributed by atoms with Crippen LogP contribution in [0.15, 0.2) is 0 Å². The zero-order chi connectivity index (χ0) is 17.0. The smallest absolute Gasteiger partial charge is 0.250 e. The first-order chi connectivity index (χ1) is 10.5. The highest BCUT2D eigenvalue weighted by molar-refractivity contribution is 5.83.